The SMILES string of the molecule is CSc1cccc(C[C@H](NC(=O)c2c(Cl)cc3c(c2Cl)CCN(C(=O)c2ccc4ccoc4c2)C3)C(=O)O)c1. The van der Waals surface area contributed by atoms with Crippen molar-refractivity contribution in [1.82, 2.24) is 10.2 Å². The van der Waals surface area contributed by atoms with Crippen molar-refractivity contribution in [3.05, 3.63) is 98.7 Å². The van der Waals surface area contributed by atoms with Gasteiger partial charge in [0.05, 0.1) is 21.9 Å². The molecule has 2 heterocycles. The van der Waals surface area contributed by atoms with Crippen LogP contribution in [0.4, 0.5) is 0 Å². The smallest absolute Gasteiger partial charge is 0.326 e. The van der Waals surface area contributed by atoms with E-state index in [-0.39, 0.29) is 34.5 Å². The summed E-state index contributed by atoms with van der Waals surface area (Å²) in [6.45, 7) is 0.670. The maximum absolute atomic E-state index is 13.2. The molecule has 3 aromatic carbocycles. The van der Waals surface area contributed by atoms with E-state index in [1.807, 2.05) is 42.7 Å². The lowest BCUT2D eigenvalue weighted by molar-refractivity contribution is -0.139. The molecule has 0 aliphatic carbocycles. The van der Waals surface area contributed by atoms with Gasteiger partial charge in [-0.05, 0) is 65.8 Å². The first-order valence-corrected chi connectivity index (χ1v) is 14.2. The van der Waals surface area contributed by atoms with Crippen LogP contribution in [0.2, 0.25) is 10.0 Å². The predicted octanol–water partition coefficient (Wildman–Crippen LogP) is 6.09. The Morgan fingerprint density at radius 3 is 2.72 bits per heavy atom. The van der Waals surface area contributed by atoms with Crippen LogP contribution in [0.15, 0.2) is 70.2 Å². The van der Waals surface area contributed by atoms with Crippen molar-refractivity contribution in [3.63, 3.8) is 0 Å². The maximum atomic E-state index is 13.2. The molecule has 2 amide bonds. The summed E-state index contributed by atoms with van der Waals surface area (Å²) in [6.07, 6.45) is 4.04. The number of rotatable bonds is 7. The topological polar surface area (TPSA) is 99.9 Å². The van der Waals surface area contributed by atoms with Gasteiger partial charge in [0.2, 0.25) is 0 Å². The Balaban J connectivity index is 1.34. The third kappa shape index (κ3) is 5.64. The minimum atomic E-state index is -1.17. The van der Waals surface area contributed by atoms with E-state index in [2.05, 4.69) is 5.32 Å². The molecule has 0 spiro atoms. The maximum Gasteiger partial charge on any atom is 0.326 e. The first-order chi connectivity index (χ1) is 18.7. The molecule has 0 bridgehead atoms. The number of carbonyl (C=O) groups is 3. The van der Waals surface area contributed by atoms with Crippen molar-refractivity contribution in [2.45, 2.75) is 30.3 Å². The van der Waals surface area contributed by atoms with Gasteiger partial charge in [-0.3, -0.25) is 9.59 Å². The molecule has 39 heavy (non-hydrogen) atoms. The van der Waals surface area contributed by atoms with Gasteiger partial charge in [0.15, 0.2) is 0 Å². The number of hydrogen-bond donors (Lipinski definition) is 2. The molecule has 0 saturated heterocycles. The van der Waals surface area contributed by atoms with Crippen LogP contribution in [0.5, 0.6) is 0 Å². The molecule has 0 radical (unpaired) electrons. The Bertz CT molecular complexity index is 1600. The van der Waals surface area contributed by atoms with E-state index >= 15 is 0 Å². The number of nitrogens with one attached hydrogen (secondary N) is 1. The molecule has 10 heteroatoms. The highest BCUT2D eigenvalue weighted by atomic mass is 35.5. The predicted molar refractivity (Wildman–Crippen MR) is 152 cm³/mol. The zero-order valence-corrected chi connectivity index (χ0v) is 23.2. The van der Waals surface area contributed by atoms with Gasteiger partial charge in [0.1, 0.15) is 11.6 Å². The van der Waals surface area contributed by atoms with Gasteiger partial charge in [0.25, 0.3) is 11.8 Å². The van der Waals surface area contributed by atoms with Gasteiger partial charge in [-0.2, -0.15) is 0 Å². The summed E-state index contributed by atoms with van der Waals surface area (Å²) in [6, 6.07) is 15.1. The molecule has 0 saturated carbocycles. The second-order valence-corrected chi connectivity index (χ2v) is 10.9. The minimum Gasteiger partial charge on any atom is -0.480 e. The molecule has 1 aliphatic rings. The number of thioether (sulfide) groups is 1. The average molecular weight is 583 g/mol. The minimum absolute atomic E-state index is 0.0317. The van der Waals surface area contributed by atoms with Gasteiger partial charge in [-0.15, -0.1) is 11.8 Å². The van der Waals surface area contributed by atoms with Gasteiger partial charge < -0.3 is 19.7 Å². The number of carbonyl (C=O) groups excluding carboxylic acids is 2. The fraction of sp³-hybridized carbons (Fsp3) is 0.207. The van der Waals surface area contributed by atoms with Crippen molar-refractivity contribution in [1.29, 1.82) is 0 Å². The van der Waals surface area contributed by atoms with Crippen LogP contribution in [0.3, 0.4) is 0 Å². The van der Waals surface area contributed by atoms with Crippen LogP contribution in [0.1, 0.15) is 37.4 Å². The molecule has 200 valence electrons. The molecule has 0 unspecified atom stereocenters. The molecule has 2 N–H and O–H groups in total. The number of carboxylic acids is 1. The number of fused-ring (bicyclic) bond motifs is 2. The molecule has 1 aliphatic heterocycles. The summed E-state index contributed by atoms with van der Waals surface area (Å²) >= 11 is 14.7. The third-order valence-corrected chi connectivity index (χ3v) is 8.24. The van der Waals surface area contributed by atoms with Crippen LogP contribution in [0.25, 0.3) is 11.0 Å². The zero-order valence-electron chi connectivity index (χ0n) is 20.9. The average Bonchev–Trinajstić information content (AvgIpc) is 3.40. The van der Waals surface area contributed by atoms with E-state index in [0.29, 0.717) is 24.1 Å². The molecule has 1 atom stereocenters. The number of carboxylic acid groups (broad SMARTS) is 1. The first-order valence-electron chi connectivity index (χ1n) is 12.2. The summed E-state index contributed by atoms with van der Waals surface area (Å²) in [4.78, 5) is 41.1. The zero-order chi connectivity index (χ0) is 27.7. The van der Waals surface area contributed by atoms with Crippen molar-refractivity contribution in [2.24, 2.45) is 0 Å². The van der Waals surface area contributed by atoms with Crippen LogP contribution < -0.4 is 5.32 Å². The molecule has 0 fully saturated rings. The Morgan fingerprint density at radius 1 is 1.13 bits per heavy atom. The lowest BCUT2D eigenvalue weighted by Crippen LogP contribution is -2.42. The van der Waals surface area contributed by atoms with E-state index in [0.717, 1.165) is 27.0 Å². The van der Waals surface area contributed by atoms with E-state index in [9.17, 15) is 19.5 Å². The summed E-state index contributed by atoms with van der Waals surface area (Å²) in [5.74, 6) is -1.97. The summed E-state index contributed by atoms with van der Waals surface area (Å²) in [7, 11) is 0. The molecular weight excluding hydrogens is 559 g/mol. The number of nitrogens with zero attached hydrogens (tertiary/aromatic N) is 1. The lowest BCUT2D eigenvalue weighted by atomic mass is 9.95. The third-order valence-electron chi connectivity index (χ3n) is 6.80. The van der Waals surface area contributed by atoms with Crippen LogP contribution in [0, 0.1) is 0 Å². The van der Waals surface area contributed by atoms with Crippen LogP contribution >= 0.6 is 35.0 Å². The van der Waals surface area contributed by atoms with Crippen molar-refractivity contribution >= 4 is 63.7 Å². The second-order valence-electron chi connectivity index (χ2n) is 9.25. The van der Waals surface area contributed by atoms with E-state index < -0.39 is 17.9 Å². The molecule has 4 aromatic rings. The summed E-state index contributed by atoms with van der Waals surface area (Å²) in [5, 5.41) is 13.5. The number of furan rings is 1. The molecular formula is C29H24Cl2N2O5S. The van der Waals surface area contributed by atoms with Crippen LogP contribution in [-0.4, -0.2) is 46.6 Å². The van der Waals surface area contributed by atoms with Gasteiger partial charge >= 0.3 is 5.97 Å². The fourth-order valence-electron chi connectivity index (χ4n) is 4.77. The number of amides is 2. The Hall–Kier alpha value is -3.46. The lowest BCUT2D eigenvalue weighted by Gasteiger charge is -2.30. The Morgan fingerprint density at radius 2 is 1.95 bits per heavy atom. The number of benzene rings is 3. The second kappa shape index (κ2) is 11.3. The van der Waals surface area contributed by atoms with Crippen LogP contribution in [-0.2, 0) is 24.2 Å². The number of hydrogen-bond acceptors (Lipinski definition) is 5. The monoisotopic (exact) mass is 582 g/mol. The number of aliphatic carboxylic acids is 1. The van der Waals surface area contributed by atoms with Gasteiger partial charge in [-0.25, -0.2) is 4.79 Å². The highest BCUT2D eigenvalue weighted by Gasteiger charge is 2.30. The van der Waals surface area contributed by atoms with E-state index in [4.69, 9.17) is 27.6 Å². The van der Waals surface area contributed by atoms with Crippen molar-refractivity contribution in [2.75, 3.05) is 12.8 Å². The standard InChI is InChI=1S/C29H24Cl2N2O5S/c1-39-20-4-2-3-16(11-20)12-23(29(36)37)32-27(34)25-22(30)13-19-15-33(9-7-21(19)26(25)31)28(35)18-6-5-17-8-10-38-24(17)14-18/h2-6,8,10-11,13-14,23H,7,9,12,15H2,1H3,(H,32,34)(H,36,37)/t23-/m0/s1. The summed E-state index contributed by atoms with van der Waals surface area (Å²) < 4.78 is 5.42. The Labute approximate surface area is 239 Å². The molecule has 5 rings (SSSR count). The van der Waals surface area contributed by atoms with E-state index in [1.165, 1.54) is 0 Å². The number of halogens is 2. The summed E-state index contributed by atoms with van der Waals surface area (Å²) in [5.41, 5.74) is 3.42. The van der Waals surface area contributed by atoms with Crippen molar-refractivity contribution < 1.29 is 23.9 Å². The van der Waals surface area contributed by atoms with E-state index in [1.54, 1.807) is 41.1 Å². The highest BCUT2D eigenvalue weighted by Crippen LogP contribution is 2.35. The highest BCUT2D eigenvalue weighted by molar-refractivity contribution is 7.98. The van der Waals surface area contributed by atoms with Gasteiger partial charge in [-0.1, -0.05) is 41.4 Å². The Kier molecular flexibility index (Phi) is 7.88. The van der Waals surface area contributed by atoms with Crippen molar-refractivity contribution in [3.8, 4) is 0 Å². The fourth-order valence-corrected chi connectivity index (χ4v) is 6.02. The quantitative estimate of drug-likeness (QED) is 0.256. The van der Waals surface area contributed by atoms with Gasteiger partial charge in [0, 0.05) is 35.4 Å². The largest absolute Gasteiger partial charge is 0.480 e. The molecule has 1 aromatic heterocycles. The molecule has 7 nitrogen and oxygen atoms in total. The normalized spacial score (nSPS) is 13.7. The first kappa shape index (κ1) is 27.1.